The number of halogens is 1. The van der Waals surface area contributed by atoms with Crippen molar-refractivity contribution in [1.29, 1.82) is 0 Å². The third kappa shape index (κ3) is 1.56. The van der Waals surface area contributed by atoms with Crippen molar-refractivity contribution in [2.45, 2.75) is 13.0 Å². The van der Waals surface area contributed by atoms with Gasteiger partial charge in [-0.15, -0.1) is 0 Å². The molecule has 5 heteroatoms. The molecule has 4 nitrogen and oxygen atoms in total. The summed E-state index contributed by atoms with van der Waals surface area (Å²) < 4.78 is 1.47. The Labute approximate surface area is 91.1 Å². The summed E-state index contributed by atoms with van der Waals surface area (Å²) in [6.45, 7) is 1.66. The summed E-state index contributed by atoms with van der Waals surface area (Å²) in [6, 6.07) is 4.99. The highest BCUT2D eigenvalue weighted by atomic mass is 35.5. The number of aliphatic hydroxyl groups excluding tert-OH is 1. The highest BCUT2D eigenvalue weighted by molar-refractivity contribution is 6.34. The molecule has 80 valence electrons. The number of rotatable bonds is 2. The monoisotopic (exact) mass is 226 g/mol. The molecule has 0 radical (unpaired) electrons. The number of benzene rings is 1. The third-order valence-electron chi connectivity index (χ3n) is 2.39. The lowest BCUT2D eigenvalue weighted by Gasteiger charge is -2.10. The topological polar surface area (TPSA) is 58.0 Å². The predicted molar refractivity (Wildman–Crippen MR) is 59.4 cm³/mol. The first-order valence-corrected chi connectivity index (χ1v) is 5.02. The van der Waals surface area contributed by atoms with E-state index in [1.165, 1.54) is 4.57 Å². The molecule has 0 saturated carbocycles. The van der Waals surface area contributed by atoms with E-state index in [9.17, 15) is 4.79 Å². The number of hydrogen-bond acceptors (Lipinski definition) is 2. The van der Waals surface area contributed by atoms with E-state index in [2.05, 4.69) is 4.98 Å². The summed E-state index contributed by atoms with van der Waals surface area (Å²) in [5, 5.41) is 9.57. The quantitative estimate of drug-likeness (QED) is 0.816. The molecular formula is C10H11ClN2O2. The van der Waals surface area contributed by atoms with E-state index >= 15 is 0 Å². The Kier molecular flexibility index (Phi) is 2.54. The number of nitrogens with one attached hydrogen (secondary N) is 1. The van der Waals surface area contributed by atoms with Crippen molar-refractivity contribution in [3.8, 4) is 0 Å². The van der Waals surface area contributed by atoms with Gasteiger partial charge in [-0.25, -0.2) is 4.79 Å². The van der Waals surface area contributed by atoms with Crippen LogP contribution in [0.25, 0.3) is 11.0 Å². The van der Waals surface area contributed by atoms with Crippen molar-refractivity contribution in [1.82, 2.24) is 9.55 Å². The zero-order chi connectivity index (χ0) is 11.0. The number of aromatic nitrogens is 2. The van der Waals surface area contributed by atoms with Gasteiger partial charge >= 0.3 is 5.69 Å². The fraction of sp³-hybridized carbons (Fsp3) is 0.300. The van der Waals surface area contributed by atoms with Crippen LogP contribution in [0.4, 0.5) is 0 Å². The second-order valence-electron chi connectivity index (χ2n) is 3.47. The number of hydrogen-bond donors (Lipinski definition) is 2. The van der Waals surface area contributed by atoms with E-state index < -0.39 is 0 Å². The van der Waals surface area contributed by atoms with Crippen molar-refractivity contribution in [3.05, 3.63) is 33.7 Å². The Hall–Kier alpha value is -1.26. The average molecular weight is 227 g/mol. The molecule has 2 N–H and O–H groups in total. The van der Waals surface area contributed by atoms with Crippen molar-refractivity contribution in [3.63, 3.8) is 0 Å². The molecule has 0 aliphatic heterocycles. The van der Waals surface area contributed by atoms with Crippen LogP contribution in [0.2, 0.25) is 5.02 Å². The van der Waals surface area contributed by atoms with Gasteiger partial charge in [-0.3, -0.25) is 4.57 Å². The minimum atomic E-state index is -0.286. The number of aliphatic hydroxyl groups is 1. The molecule has 1 aromatic heterocycles. The summed E-state index contributed by atoms with van der Waals surface area (Å²) >= 11 is 6.02. The van der Waals surface area contributed by atoms with Crippen LogP contribution in [0.5, 0.6) is 0 Å². The van der Waals surface area contributed by atoms with Gasteiger partial charge in [0.05, 0.1) is 28.7 Å². The van der Waals surface area contributed by atoms with E-state index in [0.29, 0.717) is 16.1 Å². The predicted octanol–water partition coefficient (Wildman–Crippen LogP) is 1.54. The van der Waals surface area contributed by atoms with Gasteiger partial charge in [-0.05, 0) is 19.1 Å². The van der Waals surface area contributed by atoms with Crippen LogP contribution >= 0.6 is 11.6 Å². The average Bonchev–Trinajstić information content (AvgIpc) is 2.55. The van der Waals surface area contributed by atoms with Crippen molar-refractivity contribution < 1.29 is 5.11 Å². The zero-order valence-corrected chi connectivity index (χ0v) is 8.95. The summed E-state index contributed by atoms with van der Waals surface area (Å²) in [4.78, 5) is 14.3. The van der Waals surface area contributed by atoms with Crippen LogP contribution < -0.4 is 5.69 Å². The van der Waals surface area contributed by atoms with E-state index in [4.69, 9.17) is 16.7 Å². The SMILES string of the molecule is CC(CO)n1c(=O)[nH]c2cccc(Cl)c21. The maximum absolute atomic E-state index is 11.6. The molecule has 1 unspecified atom stereocenters. The third-order valence-corrected chi connectivity index (χ3v) is 2.70. The maximum Gasteiger partial charge on any atom is 0.326 e. The first kappa shape index (κ1) is 10.3. The van der Waals surface area contributed by atoms with Gasteiger partial charge in [-0.1, -0.05) is 17.7 Å². The summed E-state index contributed by atoms with van der Waals surface area (Å²) in [5.41, 5.74) is 1.08. The molecule has 0 bridgehead atoms. The molecule has 1 aromatic carbocycles. The molecule has 15 heavy (non-hydrogen) atoms. The Morgan fingerprint density at radius 2 is 2.33 bits per heavy atom. The fourth-order valence-electron chi connectivity index (χ4n) is 1.64. The van der Waals surface area contributed by atoms with Gasteiger partial charge < -0.3 is 10.1 Å². The van der Waals surface area contributed by atoms with Gasteiger partial charge in [0.15, 0.2) is 0 Å². The number of nitrogens with zero attached hydrogens (tertiary/aromatic N) is 1. The second kappa shape index (κ2) is 3.72. The molecule has 0 aliphatic carbocycles. The van der Waals surface area contributed by atoms with Crippen molar-refractivity contribution in [2.75, 3.05) is 6.61 Å². The maximum atomic E-state index is 11.6. The number of para-hydroxylation sites is 1. The molecule has 0 spiro atoms. The number of imidazole rings is 1. The zero-order valence-electron chi connectivity index (χ0n) is 8.20. The standard InChI is InChI=1S/C10H11ClN2O2/c1-6(5-14)13-9-7(11)3-2-4-8(9)12-10(13)15/h2-4,6,14H,5H2,1H3,(H,12,15). The molecule has 2 aromatic rings. The lowest BCUT2D eigenvalue weighted by molar-refractivity contribution is 0.239. The molecule has 1 atom stereocenters. The summed E-state index contributed by atoms with van der Waals surface area (Å²) in [6.07, 6.45) is 0. The van der Waals surface area contributed by atoms with Crippen molar-refractivity contribution in [2.24, 2.45) is 0 Å². The smallest absolute Gasteiger partial charge is 0.326 e. The van der Waals surface area contributed by atoms with Crippen molar-refractivity contribution >= 4 is 22.6 Å². The van der Waals surface area contributed by atoms with Gasteiger partial charge in [0.1, 0.15) is 0 Å². The largest absolute Gasteiger partial charge is 0.394 e. The van der Waals surface area contributed by atoms with Crippen LogP contribution in [0, 0.1) is 0 Å². The number of fused-ring (bicyclic) bond motifs is 1. The molecule has 2 rings (SSSR count). The molecule has 1 heterocycles. The highest BCUT2D eigenvalue weighted by Crippen LogP contribution is 2.22. The minimum absolute atomic E-state index is 0.0991. The van der Waals surface area contributed by atoms with Gasteiger partial charge in [0.2, 0.25) is 0 Å². The lowest BCUT2D eigenvalue weighted by Crippen LogP contribution is -2.22. The first-order chi connectivity index (χ1) is 7.15. The summed E-state index contributed by atoms with van der Waals surface area (Å²) in [5.74, 6) is 0. The summed E-state index contributed by atoms with van der Waals surface area (Å²) in [7, 11) is 0. The Bertz CT molecular complexity index is 544. The van der Waals surface area contributed by atoms with E-state index in [1.54, 1.807) is 25.1 Å². The second-order valence-corrected chi connectivity index (χ2v) is 3.87. The fourth-order valence-corrected chi connectivity index (χ4v) is 1.91. The van der Waals surface area contributed by atoms with Gasteiger partial charge in [0.25, 0.3) is 0 Å². The van der Waals surface area contributed by atoms with Crippen LogP contribution in [0.1, 0.15) is 13.0 Å². The normalized spacial score (nSPS) is 13.3. The number of H-pyrrole nitrogens is 1. The van der Waals surface area contributed by atoms with Crippen LogP contribution in [-0.4, -0.2) is 21.3 Å². The Balaban J connectivity index is 2.82. The van der Waals surface area contributed by atoms with Crippen LogP contribution in [-0.2, 0) is 0 Å². The Morgan fingerprint density at radius 1 is 1.60 bits per heavy atom. The van der Waals surface area contributed by atoms with E-state index in [1.807, 2.05) is 0 Å². The lowest BCUT2D eigenvalue weighted by atomic mass is 10.3. The minimum Gasteiger partial charge on any atom is -0.394 e. The molecule has 0 aliphatic rings. The highest BCUT2D eigenvalue weighted by Gasteiger charge is 2.14. The Morgan fingerprint density at radius 3 is 3.00 bits per heavy atom. The van der Waals surface area contributed by atoms with Crippen LogP contribution in [0.3, 0.4) is 0 Å². The van der Waals surface area contributed by atoms with E-state index in [-0.39, 0.29) is 18.3 Å². The van der Waals surface area contributed by atoms with Gasteiger partial charge in [-0.2, -0.15) is 0 Å². The molecule has 0 fully saturated rings. The van der Waals surface area contributed by atoms with Gasteiger partial charge in [0, 0.05) is 0 Å². The number of aromatic amines is 1. The van der Waals surface area contributed by atoms with E-state index in [0.717, 1.165) is 0 Å². The molecule has 0 saturated heterocycles. The molecular weight excluding hydrogens is 216 g/mol. The molecule has 0 amide bonds. The van der Waals surface area contributed by atoms with Crippen LogP contribution in [0.15, 0.2) is 23.0 Å². The first-order valence-electron chi connectivity index (χ1n) is 4.64.